The number of hydrogen-bond donors (Lipinski definition) is 1. The topological polar surface area (TPSA) is 115 Å². The van der Waals surface area contributed by atoms with Gasteiger partial charge in [0.05, 0.1) is 22.8 Å². The minimum atomic E-state index is -3.92. The Morgan fingerprint density at radius 1 is 1.26 bits per heavy atom. The molecule has 0 bridgehead atoms. The Hall–Kier alpha value is -3.11. The number of aryl methyl sites for hydroxylation is 2. The number of amides is 1. The summed E-state index contributed by atoms with van der Waals surface area (Å²) in [6.45, 7) is 3.39. The van der Waals surface area contributed by atoms with Crippen LogP contribution in [-0.2, 0) is 27.8 Å². The van der Waals surface area contributed by atoms with Gasteiger partial charge in [0, 0.05) is 17.5 Å². The molecule has 2 aromatic carbocycles. The van der Waals surface area contributed by atoms with Crippen LogP contribution in [0.25, 0.3) is 0 Å². The monoisotopic (exact) mass is 462 g/mol. The molecular formula is C20H19ClN4O5S. The van der Waals surface area contributed by atoms with E-state index in [1.165, 1.54) is 17.0 Å². The van der Waals surface area contributed by atoms with Crippen molar-refractivity contribution in [3.05, 3.63) is 58.7 Å². The molecule has 31 heavy (non-hydrogen) atoms. The van der Waals surface area contributed by atoms with E-state index in [9.17, 15) is 13.2 Å². The van der Waals surface area contributed by atoms with Gasteiger partial charge in [0.2, 0.25) is 5.89 Å². The molecule has 0 saturated carbocycles. The molecule has 0 fully saturated rings. The van der Waals surface area contributed by atoms with Gasteiger partial charge in [0.1, 0.15) is 5.75 Å². The van der Waals surface area contributed by atoms with Gasteiger partial charge in [-0.05, 0) is 36.8 Å². The molecular weight excluding hydrogens is 444 g/mol. The SMILES string of the molecule is CCc1nc(CN2C(=O)COc3cc(S(=O)(=O)Nc4cccc(Cl)c4)c(C)cc32)no1. The number of ether oxygens (including phenoxy) is 1. The minimum absolute atomic E-state index is 0.0355. The molecule has 2 heterocycles. The van der Waals surface area contributed by atoms with Crippen LogP contribution in [0.1, 0.15) is 24.2 Å². The van der Waals surface area contributed by atoms with Crippen LogP contribution in [0.3, 0.4) is 0 Å². The fraction of sp³-hybridized carbons (Fsp3) is 0.250. The van der Waals surface area contributed by atoms with Crippen molar-refractivity contribution < 1.29 is 22.5 Å². The summed E-state index contributed by atoms with van der Waals surface area (Å²) < 4.78 is 39.1. The van der Waals surface area contributed by atoms with Gasteiger partial charge in [-0.1, -0.05) is 29.7 Å². The van der Waals surface area contributed by atoms with E-state index >= 15 is 0 Å². The molecule has 1 N–H and O–H groups in total. The number of nitrogens with one attached hydrogen (secondary N) is 1. The first-order valence-electron chi connectivity index (χ1n) is 9.44. The largest absolute Gasteiger partial charge is 0.482 e. The molecule has 0 spiro atoms. The lowest BCUT2D eigenvalue weighted by molar-refractivity contribution is -0.121. The van der Waals surface area contributed by atoms with E-state index in [-0.39, 0.29) is 29.7 Å². The van der Waals surface area contributed by atoms with E-state index in [2.05, 4.69) is 14.9 Å². The second kappa shape index (κ2) is 8.20. The predicted molar refractivity (Wildman–Crippen MR) is 114 cm³/mol. The lowest BCUT2D eigenvalue weighted by Gasteiger charge is -2.29. The maximum Gasteiger partial charge on any atom is 0.265 e. The normalized spacial score (nSPS) is 13.6. The minimum Gasteiger partial charge on any atom is -0.482 e. The van der Waals surface area contributed by atoms with Crippen molar-refractivity contribution in [2.45, 2.75) is 31.7 Å². The first kappa shape index (κ1) is 21.1. The van der Waals surface area contributed by atoms with Gasteiger partial charge in [0.15, 0.2) is 12.4 Å². The average molecular weight is 463 g/mol. The fourth-order valence-electron chi connectivity index (χ4n) is 3.20. The van der Waals surface area contributed by atoms with Gasteiger partial charge >= 0.3 is 0 Å². The van der Waals surface area contributed by atoms with E-state index in [0.29, 0.717) is 40.1 Å². The number of anilines is 2. The molecule has 1 amide bonds. The van der Waals surface area contributed by atoms with Crippen LogP contribution in [0.5, 0.6) is 5.75 Å². The van der Waals surface area contributed by atoms with Crippen molar-refractivity contribution in [1.82, 2.24) is 10.1 Å². The van der Waals surface area contributed by atoms with Gasteiger partial charge in [-0.2, -0.15) is 4.98 Å². The lowest BCUT2D eigenvalue weighted by Crippen LogP contribution is -2.38. The number of carbonyl (C=O) groups is 1. The molecule has 1 aliphatic rings. The highest BCUT2D eigenvalue weighted by molar-refractivity contribution is 7.92. The van der Waals surface area contributed by atoms with E-state index in [4.69, 9.17) is 20.9 Å². The van der Waals surface area contributed by atoms with Gasteiger partial charge < -0.3 is 9.26 Å². The van der Waals surface area contributed by atoms with Crippen molar-refractivity contribution in [1.29, 1.82) is 0 Å². The number of carbonyl (C=O) groups excluding carboxylic acids is 1. The molecule has 0 radical (unpaired) electrons. The number of hydrogen-bond acceptors (Lipinski definition) is 7. The summed E-state index contributed by atoms with van der Waals surface area (Å²) in [4.78, 5) is 18.2. The maximum atomic E-state index is 13.0. The Labute approximate surface area is 184 Å². The van der Waals surface area contributed by atoms with Crippen LogP contribution in [0.15, 0.2) is 45.8 Å². The molecule has 4 rings (SSSR count). The number of sulfonamides is 1. The first-order valence-corrected chi connectivity index (χ1v) is 11.3. The average Bonchev–Trinajstić information content (AvgIpc) is 3.17. The summed E-state index contributed by atoms with van der Waals surface area (Å²) in [6, 6.07) is 9.41. The van der Waals surface area contributed by atoms with Crippen LogP contribution in [0, 0.1) is 6.92 Å². The molecule has 162 valence electrons. The number of halogens is 1. The van der Waals surface area contributed by atoms with Gasteiger partial charge in [-0.15, -0.1) is 0 Å². The summed E-state index contributed by atoms with van der Waals surface area (Å²) in [5.74, 6) is 0.814. The number of nitrogens with zero attached hydrogens (tertiary/aromatic N) is 3. The highest BCUT2D eigenvalue weighted by Crippen LogP contribution is 2.37. The molecule has 0 aliphatic carbocycles. The predicted octanol–water partition coefficient (Wildman–Crippen LogP) is 3.32. The zero-order valence-electron chi connectivity index (χ0n) is 16.8. The third-order valence-corrected chi connectivity index (χ3v) is 6.44. The summed E-state index contributed by atoms with van der Waals surface area (Å²) >= 11 is 5.94. The number of aromatic nitrogens is 2. The van der Waals surface area contributed by atoms with E-state index in [1.54, 1.807) is 31.2 Å². The second-order valence-electron chi connectivity index (χ2n) is 6.93. The Morgan fingerprint density at radius 2 is 2.06 bits per heavy atom. The fourth-order valence-corrected chi connectivity index (χ4v) is 4.68. The van der Waals surface area contributed by atoms with Crippen LogP contribution in [-0.4, -0.2) is 31.1 Å². The Kier molecular flexibility index (Phi) is 5.59. The standard InChI is InChI=1S/C20H19ClN4O5S/c1-3-19-22-18(23-30-19)10-25-15-7-12(2)17(9-16(15)29-11-20(25)26)31(27,28)24-14-6-4-5-13(21)8-14/h4-9,24H,3,10-11H2,1-2H3. The Morgan fingerprint density at radius 3 is 2.77 bits per heavy atom. The third kappa shape index (κ3) is 4.35. The van der Waals surface area contributed by atoms with Crippen LogP contribution in [0.2, 0.25) is 5.02 Å². The first-order chi connectivity index (χ1) is 14.8. The number of benzene rings is 2. The molecule has 0 atom stereocenters. The van der Waals surface area contributed by atoms with Crippen LogP contribution in [0.4, 0.5) is 11.4 Å². The molecule has 3 aromatic rings. The zero-order valence-corrected chi connectivity index (χ0v) is 18.3. The van der Waals surface area contributed by atoms with Crippen LogP contribution < -0.4 is 14.4 Å². The van der Waals surface area contributed by atoms with Crippen molar-refractivity contribution in [2.75, 3.05) is 16.2 Å². The van der Waals surface area contributed by atoms with Crippen molar-refractivity contribution >= 4 is 38.9 Å². The summed E-state index contributed by atoms with van der Waals surface area (Å²) in [5.41, 5.74) is 1.23. The van der Waals surface area contributed by atoms with Gasteiger partial charge in [-0.3, -0.25) is 14.4 Å². The quantitative estimate of drug-likeness (QED) is 0.597. The molecule has 9 nitrogen and oxygen atoms in total. The highest BCUT2D eigenvalue weighted by Gasteiger charge is 2.30. The summed E-state index contributed by atoms with van der Waals surface area (Å²) in [7, 11) is -3.92. The molecule has 0 unspecified atom stereocenters. The molecule has 1 aromatic heterocycles. The number of rotatable bonds is 6. The van der Waals surface area contributed by atoms with Crippen molar-refractivity contribution in [3.63, 3.8) is 0 Å². The molecule has 0 saturated heterocycles. The third-order valence-electron chi connectivity index (χ3n) is 4.68. The Bertz CT molecular complexity index is 1260. The maximum absolute atomic E-state index is 13.0. The lowest BCUT2D eigenvalue weighted by atomic mass is 10.1. The molecule has 11 heteroatoms. The summed E-state index contributed by atoms with van der Waals surface area (Å²) in [6.07, 6.45) is 0.584. The second-order valence-corrected chi connectivity index (χ2v) is 9.01. The summed E-state index contributed by atoms with van der Waals surface area (Å²) in [5, 5.41) is 4.29. The van der Waals surface area contributed by atoms with E-state index in [1.807, 2.05) is 6.92 Å². The van der Waals surface area contributed by atoms with Crippen molar-refractivity contribution in [2.24, 2.45) is 0 Å². The highest BCUT2D eigenvalue weighted by atomic mass is 35.5. The zero-order chi connectivity index (χ0) is 22.2. The van der Waals surface area contributed by atoms with E-state index in [0.717, 1.165) is 0 Å². The van der Waals surface area contributed by atoms with Gasteiger partial charge in [0.25, 0.3) is 15.9 Å². The number of fused-ring (bicyclic) bond motifs is 1. The Balaban J connectivity index is 1.67. The van der Waals surface area contributed by atoms with Gasteiger partial charge in [-0.25, -0.2) is 8.42 Å². The van der Waals surface area contributed by atoms with Crippen molar-refractivity contribution in [3.8, 4) is 5.75 Å². The molecule has 1 aliphatic heterocycles. The smallest absolute Gasteiger partial charge is 0.265 e. The van der Waals surface area contributed by atoms with E-state index < -0.39 is 10.0 Å². The van der Waals surface area contributed by atoms with Crippen LogP contribution >= 0.6 is 11.6 Å².